The number of allylic oxidation sites excluding steroid dienone is 1. The highest BCUT2D eigenvalue weighted by Crippen LogP contribution is 2.44. The first-order valence-corrected chi connectivity index (χ1v) is 23.5. The zero-order valence-corrected chi connectivity index (χ0v) is 37.3. The van der Waals surface area contributed by atoms with Crippen LogP contribution in [-0.2, 0) is 0 Å². The second-order valence-electron chi connectivity index (χ2n) is 18.1. The number of para-hydroxylation sites is 4. The molecule has 0 fully saturated rings. The molecule has 0 radical (unpaired) electrons. The average molecular weight is 871 g/mol. The van der Waals surface area contributed by atoms with Crippen LogP contribution in [-0.4, -0.2) is 20.7 Å². The van der Waals surface area contributed by atoms with Gasteiger partial charge in [0.05, 0.1) is 44.5 Å². The van der Waals surface area contributed by atoms with Crippen LogP contribution >= 0.6 is 0 Å². The lowest BCUT2D eigenvalue weighted by Crippen LogP contribution is -2.17. The molecular weight excluding hydrogens is 829 g/mol. The molecule has 0 amide bonds. The van der Waals surface area contributed by atoms with Gasteiger partial charge in [-0.15, -0.1) is 0 Å². The van der Waals surface area contributed by atoms with Crippen LogP contribution in [0.5, 0.6) is 0 Å². The van der Waals surface area contributed by atoms with Crippen molar-refractivity contribution in [1.82, 2.24) is 9.13 Å². The molecule has 1 atom stereocenters. The number of amidine groups is 1. The van der Waals surface area contributed by atoms with Crippen molar-refractivity contribution in [3.63, 3.8) is 0 Å². The molecule has 0 N–H and O–H groups in total. The lowest BCUT2D eigenvalue weighted by atomic mass is 9.90. The summed E-state index contributed by atoms with van der Waals surface area (Å²) in [5, 5.41) is 11.6. The summed E-state index contributed by atoms with van der Waals surface area (Å²) in [6, 6.07) is 76.1. The number of hydrogen-bond acceptors (Lipinski definition) is 3. The smallest absolute Gasteiger partial charge is 0.160 e. The van der Waals surface area contributed by atoms with Gasteiger partial charge in [0.2, 0.25) is 0 Å². The number of hydrogen-bond donors (Lipinski definition) is 0. The summed E-state index contributed by atoms with van der Waals surface area (Å²) < 4.78 is 11.5. The topological polar surface area (TPSA) is 47.7 Å². The molecule has 4 heterocycles. The summed E-state index contributed by atoms with van der Waals surface area (Å²) in [7, 11) is 0. The Hall–Kier alpha value is -8.80. The van der Waals surface area contributed by atoms with E-state index >= 15 is 0 Å². The lowest BCUT2D eigenvalue weighted by molar-refractivity contribution is 0.669. The zero-order chi connectivity index (χ0) is 44.9. The third-order valence-electron chi connectivity index (χ3n) is 14.1. The van der Waals surface area contributed by atoms with E-state index in [4.69, 9.17) is 14.4 Å². The Labute approximate surface area is 391 Å². The van der Waals surface area contributed by atoms with Gasteiger partial charge in [-0.05, 0) is 94.7 Å². The van der Waals surface area contributed by atoms with E-state index in [1.807, 2.05) is 6.07 Å². The Kier molecular flexibility index (Phi) is 8.56. The summed E-state index contributed by atoms with van der Waals surface area (Å²) in [6.45, 7) is 2.32. The van der Waals surface area contributed by atoms with E-state index < -0.39 is 0 Å². The van der Waals surface area contributed by atoms with Gasteiger partial charge in [0.15, 0.2) is 5.84 Å². The van der Waals surface area contributed by atoms with E-state index in [-0.39, 0.29) is 5.92 Å². The van der Waals surface area contributed by atoms with Crippen LogP contribution in [0.15, 0.2) is 233 Å². The van der Waals surface area contributed by atoms with E-state index in [1.165, 1.54) is 43.2 Å². The van der Waals surface area contributed by atoms with Crippen LogP contribution in [0, 0.1) is 5.92 Å². The molecule has 3 aromatic heterocycles. The van der Waals surface area contributed by atoms with Gasteiger partial charge in [-0.3, -0.25) is 0 Å². The van der Waals surface area contributed by atoms with Gasteiger partial charge in [-0.25, -0.2) is 9.98 Å². The standard InChI is InChI=1S/C63H42N4O/c1-39-30-34-52(47-33-35-58-60(49-24-11-14-29-57(49)68-58)62(47)67-53-26-12-9-22-46(53)51-37-42-18-7-8-19-43(42)38-56(51)67)64-63(44-32-31-40-16-5-6-17-41(40)36-44)65-61(39)50-25-15-28-55-59(50)48-23-10-13-27-54(48)66(55)45-20-3-2-4-21-45/h2-29,31-39H,30H2,1H3/b52-34+,64-63?,65-61?. The first kappa shape index (κ1) is 38.5. The lowest BCUT2D eigenvalue weighted by Gasteiger charge is -2.21. The molecule has 14 rings (SSSR count). The number of nitrogens with zero attached hydrogens (tertiary/aromatic N) is 4. The van der Waals surface area contributed by atoms with Gasteiger partial charge >= 0.3 is 0 Å². The van der Waals surface area contributed by atoms with Crippen LogP contribution < -0.4 is 0 Å². The maximum atomic E-state index is 6.69. The molecule has 13 aromatic rings. The molecule has 0 aliphatic carbocycles. The van der Waals surface area contributed by atoms with Gasteiger partial charge in [0.25, 0.3) is 0 Å². The SMILES string of the molecule is CC1C/C=C(\c2ccc3oc4ccccc4c3c2-n2c3ccccc3c3cc4ccccc4cc32)N=C(c2ccc3ccccc3c2)N=C1c1cccc2c1c1ccccc1n2-c1ccccc1. The van der Waals surface area contributed by atoms with Gasteiger partial charge in [0, 0.05) is 55.2 Å². The summed E-state index contributed by atoms with van der Waals surface area (Å²) in [4.78, 5) is 11.6. The molecule has 1 aliphatic heterocycles. The number of fused-ring (bicyclic) bond motifs is 11. The quantitative estimate of drug-likeness (QED) is 0.170. The summed E-state index contributed by atoms with van der Waals surface area (Å²) in [5.41, 5.74) is 13.4. The number of rotatable bonds is 5. The number of aliphatic imine (C=N–C) groups is 2. The van der Waals surface area contributed by atoms with Crippen molar-refractivity contribution in [2.75, 3.05) is 0 Å². The minimum absolute atomic E-state index is 0.0296. The maximum Gasteiger partial charge on any atom is 0.160 e. The third kappa shape index (κ3) is 5.89. The van der Waals surface area contributed by atoms with Crippen LogP contribution in [0.4, 0.5) is 0 Å². The van der Waals surface area contributed by atoms with Gasteiger partial charge in [-0.1, -0.05) is 159 Å². The second-order valence-corrected chi connectivity index (χ2v) is 18.1. The van der Waals surface area contributed by atoms with Gasteiger partial charge in [0.1, 0.15) is 11.2 Å². The summed E-state index contributed by atoms with van der Waals surface area (Å²) >= 11 is 0. The molecule has 0 saturated carbocycles. The van der Waals surface area contributed by atoms with Crippen molar-refractivity contribution in [2.45, 2.75) is 13.3 Å². The molecule has 1 unspecified atom stereocenters. The monoisotopic (exact) mass is 870 g/mol. The molecule has 5 heteroatoms. The summed E-state index contributed by atoms with van der Waals surface area (Å²) in [6.07, 6.45) is 3.07. The molecular formula is C63H42N4O. The molecule has 68 heavy (non-hydrogen) atoms. The Balaban J connectivity index is 1.06. The fourth-order valence-corrected chi connectivity index (χ4v) is 11.0. The zero-order valence-electron chi connectivity index (χ0n) is 37.3. The minimum Gasteiger partial charge on any atom is -0.456 e. The van der Waals surface area contributed by atoms with Crippen LogP contribution in [0.1, 0.15) is 30.0 Å². The van der Waals surface area contributed by atoms with E-state index in [0.717, 1.165) is 89.8 Å². The van der Waals surface area contributed by atoms with Crippen LogP contribution in [0.25, 0.3) is 104 Å². The van der Waals surface area contributed by atoms with E-state index in [9.17, 15) is 0 Å². The Morgan fingerprint density at radius 3 is 1.93 bits per heavy atom. The predicted molar refractivity (Wildman–Crippen MR) is 285 cm³/mol. The van der Waals surface area contributed by atoms with E-state index in [0.29, 0.717) is 5.84 Å². The molecule has 1 aliphatic rings. The highest BCUT2D eigenvalue weighted by molar-refractivity contribution is 6.25. The van der Waals surface area contributed by atoms with Crippen molar-refractivity contribution in [2.24, 2.45) is 15.9 Å². The highest BCUT2D eigenvalue weighted by atomic mass is 16.3. The molecule has 0 bridgehead atoms. The van der Waals surface area contributed by atoms with Crippen LogP contribution in [0.3, 0.4) is 0 Å². The molecule has 0 saturated heterocycles. The Morgan fingerprint density at radius 1 is 0.441 bits per heavy atom. The van der Waals surface area contributed by atoms with E-state index in [2.05, 4.69) is 228 Å². The van der Waals surface area contributed by atoms with Crippen molar-refractivity contribution in [3.8, 4) is 11.4 Å². The number of aromatic nitrogens is 2. The third-order valence-corrected chi connectivity index (χ3v) is 14.1. The average Bonchev–Trinajstić information content (AvgIpc) is 4.05. The largest absolute Gasteiger partial charge is 0.456 e. The van der Waals surface area contributed by atoms with E-state index in [1.54, 1.807) is 0 Å². The van der Waals surface area contributed by atoms with Crippen molar-refractivity contribution in [3.05, 3.63) is 235 Å². The molecule has 320 valence electrons. The molecule has 5 nitrogen and oxygen atoms in total. The fraction of sp³-hybridized carbons (Fsp3) is 0.0476. The van der Waals surface area contributed by atoms with Crippen LogP contribution in [0.2, 0.25) is 0 Å². The van der Waals surface area contributed by atoms with Crippen molar-refractivity contribution in [1.29, 1.82) is 0 Å². The fourth-order valence-electron chi connectivity index (χ4n) is 11.0. The number of benzene rings is 10. The van der Waals surface area contributed by atoms with Gasteiger partial charge in [-0.2, -0.15) is 0 Å². The molecule has 10 aromatic carbocycles. The summed E-state index contributed by atoms with van der Waals surface area (Å²) in [5.74, 6) is 0.700. The number of furan rings is 1. The Morgan fingerprint density at radius 2 is 1.10 bits per heavy atom. The van der Waals surface area contributed by atoms with Crippen molar-refractivity contribution >= 4 is 104 Å². The molecule has 0 spiro atoms. The predicted octanol–water partition coefficient (Wildman–Crippen LogP) is 16.4. The first-order chi connectivity index (χ1) is 33.6. The Bertz CT molecular complexity index is 4310. The van der Waals surface area contributed by atoms with Gasteiger partial charge < -0.3 is 13.6 Å². The normalized spacial score (nSPS) is 15.4. The maximum absolute atomic E-state index is 6.69. The minimum atomic E-state index is 0.0296. The second kappa shape index (κ2) is 15.1. The van der Waals surface area contributed by atoms with Crippen molar-refractivity contribution < 1.29 is 4.42 Å². The highest BCUT2D eigenvalue weighted by Gasteiger charge is 2.27. The first-order valence-electron chi connectivity index (χ1n) is 23.5.